The van der Waals surface area contributed by atoms with Gasteiger partial charge in [0.25, 0.3) is 5.95 Å². The lowest BCUT2D eigenvalue weighted by Crippen LogP contribution is -2.32. The van der Waals surface area contributed by atoms with Crippen molar-refractivity contribution in [3.8, 4) is 5.75 Å². The zero-order valence-electron chi connectivity index (χ0n) is 24.9. The van der Waals surface area contributed by atoms with Gasteiger partial charge in [0, 0.05) is 36.9 Å². The van der Waals surface area contributed by atoms with E-state index in [0.717, 1.165) is 44.4 Å². The van der Waals surface area contributed by atoms with Crippen LogP contribution < -0.4 is 14.5 Å². The third kappa shape index (κ3) is 12.3. The first-order valence-corrected chi connectivity index (χ1v) is 14.3. The molecule has 10 nitrogen and oxygen atoms in total. The van der Waals surface area contributed by atoms with Crippen LogP contribution in [0, 0.1) is 5.92 Å². The molecule has 0 atom stereocenters. The third-order valence-electron chi connectivity index (χ3n) is 7.01. The molecule has 0 bridgehead atoms. The Morgan fingerprint density at radius 2 is 1.67 bits per heavy atom. The van der Waals surface area contributed by atoms with Crippen LogP contribution in [0.3, 0.4) is 0 Å². The van der Waals surface area contributed by atoms with Gasteiger partial charge in [-0.2, -0.15) is 18.0 Å². The summed E-state index contributed by atoms with van der Waals surface area (Å²) in [6.07, 6.45) is -5.73. The molecule has 46 heavy (non-hydrogen) atoms. The molecular weight excluding hydrogens is 669 g/mol. The number of aryl methyl sites for hydroxylation is 1. The number of aromatic nitrogens is 4. The van der Waals surface area contributed by atoms with E-state index in [4.69, 9.17) is 26.6 Å². The fraction of sp³-hybridized carbons (Fsp3) is 0.500. The fourth-order valence-corrected chi connectivity index (χ4v) is 5.46. The number of benzene rings is 2. The van der Waals surface area contributed by atoms with Crippen molar-refractivity contribution in [2.24, 2.45) is 13.0 Å². The molecule has 4 rings (SSSR count). The number of ether oxygens (including phenoxy) is 1. The molecule has 1 fully saturated rings. The Morgan fingerprint density at radius 3 is 2.22 bits per heavy atom. The molecule has 0 aliphatic heterocycles. The number of hydrogen-bond donors (Lipinski definition) is 2. The number of halogens is 8. The average Bonchev–Trinajstić information content (AvgIpc) is 3.36. The van der Waals surface area contributed by atoms with Gasteiger partial charge in [-0.3, -0.25) is 0 Å². The van der Waals surface area contributed by atoms with Crippen molar-refractivity contribution in [1.29, 1.82) is 0 Å². The maximum absolute atomic E-state index is 13.5. The molecule has 0 spiro atoms. The first kappa shape index (κ1) is 38.5. The van der Waals surface area contributed by atoms with Gasteiger partial charge < -0.3 is 24.7 Å². The maximum atomic E-state index is 13.5. The van der Waals surface area contributed by atoms with Gasteiger partial charge in [-0.25, -0.2) is 4.79 Å². The minimum absolute atomic E-state index is 0. The Morgan fingerprint density at radius 1 is 1.02 bits per heavy atom. The Kier molecular flexibility index (Phi) is 14.0. The largest absolute Gasteiger partial charge is 0.573 e. The second kappa shape index (κ2) is 16.8. The second-order valence-electron chi connectivity index (χ2n) is 10.4. The molecule has 0 unspecified atom stereocenters. The summed E-state index contributed by atoms with van der Waals surface area (Å²) in [6, 6.07) is 7.36. The van der Waals surface area contributed by atoms with Crippen LogP contribution in [0.5, 0.6) is 5.75 Å². The van der Waals surface area contributed by atoms with Crippen molar-refractivity contribution < 1.29 is 46.1 Å². The maximum Gasteiger partial charge on any atom is 0.573 e. The Labute approximate surface area is 272 Å². The van der Waals surface area contributed by atoms with Crippen LogP contribution in [-0.2, 0) is 26.3 Å². The Bertz CT molecular complexity index is 1420. The summed E-state index contributed by atoms with van der Waals surface area (Å²) in [7, 11) is 1.53. The van der Waals surface area contributed by atoms with Crippen LogP contribution in [0.15, 0.2) is 36.4 Å². The van der Waals surface area contributed by atoms with Gasteiger partial charge in [0.1, 0.15) is 5.75 Å². The molecule has 2 aromatic carbocycles. The lowest BCUT2D eigenvalue weighted by atomic mass is 9.88. The molecule has 2 N–H and O–H groups in total. The van der Waals surface area contributed by atoms with E-state index in [9.17, 15) is 26.3 Å². The second-order valence-corrected chi connectivity index (χ2v) is 10.9. The van der Waals surface area contributed by atoms with E-state index >= 15 is 0 Å². The van der Waals surface area contributed by atoms with Gasteiger partial charge in [0.15, 0.2) is 0 Å². The van der Waals surface area contributed by atoms with Crippen molar-refractivity contribution in [3.63, 3.8) is 0 Å². The molecule has 0 radical (unpaired) electrons. The third-order valence-corrected chi connectivity index (χ3v) is 7.23. The minimum atomic E-state index is -4.90. The fourth-order valence-electron chi connectivity index (χ4n) is 5.20. The van der Waals surface area contributed by atoms with Crippen molar-refractivity contribution in [3.05, 3.63) is 58.1 Å². The van der Waals surface area contributed by atoms with Crippen molar-refractivity contribution in [1.82, 2.24) is 20.2 Å². The van der Waals surface area contributed by atoms with Crippen LogP contribution in [0.2, 0.25) is 5.02 Å². The van der Waals surface area contributed by atoms with E-state index in [0.29, 0.717) is 23.7 Å². The van der Waals surface area contributed by atoms with Crippen LogP contribution in [0.4, 0.5) is 42.8 Å². The standard InChI is InChI=1S/C27H31ClF6N6O.CH2O3.ClH/c1-3-39(15-18-7-5-4-6-8-18)24-10-9-23(41-27(32,33)34)13-20(24)17-40(25-35-37-38(2)36-25)16-19-11-21(26(29,30)31)14-22(28)12-19;2-1(3)4;/h9-14,18H,3-8,15-17H2,1-2H3;(H2,2,3,4);1H. The smallest absolute Gasteiger partial charge is 0.450 e. The van der Waals surface area contributed by atoms with Gasteiger partial charge in [-0.15, -0.1) is 30.7 Å². The lowest BCUT2D eigenvalue weighted by Gasteiger charge is -2.33. The Balaban J connectivity index is 0.00000139. The average molecular weight is 704 g/mol. The summed E-state index contributed by atoms with van der Waals surface area (Å²) in [6.45, 7) is 3.16. The van der Waals surface area contributed by atoms with Crippen molar-refractivity contribution >= 4 is 41.8 Å². The molecule has 1 heterocycles. The molecule has 0 saturated heterocycles. The number of nitrogens with zero attached hydrogens (tertiary/aromatic N) is 6. The van der Waals surface area contributed by atoms with E-state index in [1.807, 2.05) is 6.92 Å². The molecular formula is C28H34Cl2F6N6O4. The predicted molar refractivity (Wildman–Crippen MR) is 161 cm³/mol. The van der Waals surface area contributed by atoms with Gasteiger partial charge in [0.05, 0.1) is 12.6 Å². The summed E-state index contributed by atoms with van der Waals surface area (Å²) in [5.74, 6) is 0.135. The molecule has 1 saturated carbocycles. The first-order valence-electron chi connectivity index (χ1n) is 13.9. The number of anilines is 2. The highest BCUT2D eigenvalue weighted by atomic mass is 35.5. The minimum Gasteiger partial charge on any atom is -0.450 e. The number of carboxylic acid groups (broad SMARTS) is 2. The highest BCUT2D eigenvalue weighted by Crippen LogP contribution is 2.35. The first-order chi connectivity index (χ1) is 21.0. The van der Waals surface area contributed by atoms with Crippen molar-refractivity contribution in [2.45, 2.75) is 64.7 Å². The number of tetrazole rings is 1. The summed E-state index contributed by atoms with van der Waals surface area (Å²) in [5.41, 5.74) is 0.465. The Hall–Kier alpha value is -3.66. The molecule has 1 aliphatic rings. The molecule has 3 aromatic rings. The molecule has 0 amide bonds. The monoisotopic (exact) mass is 702 g/mol. The number of hydrogen-bond acceptors (Lipinski definition) is 7. The highest BCUT2D eigenvalue weighted by molar-refractivity contribution is 6.30. The van der Waals surface area contributed by atoms with Gasteiger partial charge in [-0.1, -0.05) is 36.0 Å². The van der Waals surface area contributed by atoms with E-state index in [1.165, 1.54) is 36.5 Å². The van der Waals surface area contributed by atoms with Crippen molar-refractivity contribution in [2.75, 3.05) is 22.9 Å². The highest BCUT2D eigenvalue weighted by Gasteiger charge is 2.33. The predicted octanol–water partition coefficient (Wildman–Crippen LogP) is 8.04. The van der Waals surface area contributed by atoms with Crippen LogP contribution in [0.25, 0.3) is 0 Å². The van der Waals surface area contributed by atoms with Gasteiger partial charge in [-0.05, 0) is 78.4 Å². The zero-order valence-corrected chi connectivity index (χ0v) is 26.4. The summed E-state index contributed by atoms with van der Waals surface area (Å²) >= 11 is 6.01. The van der Waals surface area contributed by atoms with E-state index in [1.54, 1.807) is 11.0 Å². The quantitative estimate of drug-likeness (QED) is 0.203. The van der Waals surface area contributed by atoms with Gasteiger partial charge in [0.2, 0.25) is 0 Å². The summed E-state index contributed by atoms with van der Waals surface area (Å²) in [5, 5.41) is 25.9. The van der Waals surface area contributed by atoms with Crippen LogP contribution >= 0.6 is 24.0 Å². The molecule has 1 aromatic heterocycles. The van der Waals surface area contributed by atoms with Crippen LogP contribution in [0.1, 0.15) is 55.7 Å². The molecule has 18 heteroatoms. The zero-order chi connectivity index (χ0) is 33.4. The van der Waals surface area contributed by atoms with E-state index in [-0.39, 0.29) is 42.0 Å². The molecule has 1 aliphatic carbocycles. The van der Waals surface area contributed by atoms with E-state index < -0.39 is 30.0 Å². The number of alkyl halides is 6. The SMILES string of the molecule is CCN(CC1CCCCC1)c1ccc(OC(F)(F)F)cc1CN(Cc1cc(Cl)cc(C(F)(F)F)c1)c1nnn(C)n1.Cl.O=C(O)O. The van der Waals surface area contributed by atoms with Crippen LogP contribution in [-0.4, -0.2) is 56.0 Å². The summed E-state index contributed by atoms with van der Waals surface area (Å²) in [4.78, 5) is 13.4. The topological polar surface area (TPSA) is 117 Å². The van der Waals surface area contributed by atoms with E-state index in [2.05, 4.69) is 25.0 Å². The van der Waals surface area contributed by atoms with Gasteiger partial charge >= 0.3 is 18.7 Å². The summed E-state index contributed by atoms with van der Waals surface area (Å²) < 4.78 is 84.0. The normalized spacial score (nSPS) is 13.7. The lowest BCUT2D eigenvalue weighted by molar-refractivity contribution is -0.274. The number of rotatable bonds is 10. The molecule has 256 valence electrons. The number of carbonyl (C=O) groups is 1.